The van der Waals surface area contributed by atoms with E-state index in [2.05, 4.69) is 40.4 Å². The van der Waals surface area contributed by atoms with Crippen LogP contribution in [0.5, 0.6) is 0 Å². The number of rotatable bonds is 6. The van der Waals surface area contributed by atoms with Gasteiger partial charge in [0.05, 0.1) is 5.69 Å². The van der Waals surface area contributed by atoms with Crippen molar-refractivity contribution in [2.75, 3.05) is 46.3 Å². The smallest absolute Gasteiger partial charge is 0.0666 e. The second-order valence-corrected chi connectivity index (χ2v) is 5.45. The van der Waals surface area contributed by atoms with Crippen molar-refractivity contribution < 1.29 is 0 Å². The van der Waals surface area contributed by atoms with E-state index in [0.717, 1.165) is 26.1 Å². The van der Waals surface area contributed by atoms with Gasteiger partial charge in [0.15, 0.2) is 0 Å². The Balaban J connectivity index is 1.66. The molecule has 0 unspecified atom stereocenters. The van der Waals surface area contributed by atoms with E-state index in [0.29, 0.717) is 0 Å². The Morgan fingerprint density at radius 3 is 2.63 bits per heavy atom. The van der Waals surface area contributed by atoms with Crippen LogP contribution >= 0.6 is 0 Å². The predicted molar refractivity (Wildman–Crippen MR) is 78.2 cm³/mol. The molecule has 0 spiro atoms. The molecule has 1 aliphatic rings. The van der Waals surface area contributed by atoms with Crippen LogP contribution in [0.2, 0.25) is 0 Å². The minimum atomic E-state index is 0.935. The van der Waals surface area contributed by atoms with Crippen LogP contribution in [0.25, 0.3) is 0 Å². The van der Waals surface area contributed by atoms with Crippen LogP contribution in [0.4, 0.5) is 0 Å². The molecule has 5 heteroatoms. The molecule has 0 bridgehead atoms. The Morgan fingerprint density at radius 1 is 1.21 bits per heavy atom. The van der Waals surface area contributed by atoms with Gasteiger partial charge in [0.1, 0.15) is 0 Å². The van der Waals surface area contributed by atoms with Gasteiger partial charge in [-0.3, -0.25) is 9.58 Å². The largest absolute Gasteiger partial charge is 0.311 e. The molecule has 108 valence electrons. The van der Waals surface area contributed by atoms with Gasteiger partial charge in [-0.1, -0.05) is 6.92 Å². The maximum absolute atomic E-state index is 4.47. The standard InChI is InChI=1S/C14H27N5/c1-4-14-13(12-18(3)16-14)11-15-5-6-19-9-7-17(2)8-10-19/h12,15H,4-11H2,1-3H3. The zero-order chi connectivity index (χ0) is 13.7. The first kappa shape index (κ1) is 14.5. The highest BCUT2D eigenvalue weighted by atomic mass is 15.3. The van der Waals surface area contributed by atoms with Crippen molar-refractivity contribution in [3.63, 3.8) is 0 Å². The summed E-state index contributed by atoms with van der Waals surface area (Å²) in [6, 6.07) is 0. The van der Waals surface area contributed by atoms with Gasteiger partial charge in [-0.2, -0.15) is 5.10 Å². The molecular weight excluding hydrogens is 238 g/mol. The van der Waals surface area contributed by atoms with E-state index in [1.165, 1.54) is 37.4 Å². The van der Waals surface area contributed by atoms with Crippen molar-refractivity contribution in [1.29, 1.82) is 0 Å². The molecule has 0 atom stereocenters. The van der Waals surface area contributed by atoms with Gasteiger partial charge in [-0.05, 0) is 13.5 Å². The highest BCUT2D eigenvalue weighted by Gasteiger charge is 2.12. The monoisotopic (exact) mass is 265 g/mol. The summed E-state index contributed by atoms with van der Waals surface area (Å²) < 4.78 is 1.91. The van der Waals surface area contributed by atoms with E-state index in [1.807, 2.05) is 11.7 Å². The number of nitrogens with one attached hydrogen (secondary N) is 1. The van der Waals surface area contributed by atoms with Crippen LogP contribution in [0, 0.1) is 0 Å². The molecule has 1 saturated heterocycles. The van der Waals surface area contributed by atoms with E-state index < -0.39 is 0 Å². The van der Waals surface area contributed by atoms with Crippen molar-refractivity contribution in [1.82, 2.24) is 24.9 Å². The quantitative estimate of drug-likeness (QED) is 0.752. The molecule has 2 rings (SSSR count). The van der Waals surface area contributed by atoms with Crippen LogP contribution in [0.1, 0.15) is 18.2 Å². The zero-order valence-electron chi connectivity index (χ0n) is 12.5. The lowest BCUT2D eigenvalue weighted by Crippen LogP contribution is -2.46. The van der Waals surface area contributed by atoms with Gasteiger partial charge in [-0.25, -0.2) is 0 Å². The highest BCUT2D eigenvalue weighted by molar-refractivity contribution is 5.16. The molecule has 0 radical (unpaired) electrons. The average Bonchev–Trinajstić information content (AvgIpc) is 2.77. The first-order valence-corrected chi connectivity index (χ1v) is 7.32. The lowest BCUT2D eigenvalue weighted by atomic mass is 10.2. The Bertz CT molecular complexity index is 379. The molecule has 1 fully saturated rings. The van der Waals surface area contributed by atoms with Crippen LogP contribution < -0.4 is 5.32 Å². The SMILES string of the molecule is CCc1nn(C)cc1CNCCN1CCN(C)CC1. The van der Waals surface area contributed by atoms with Gasteiger partial charge < -0.3 is 10.2 Å². The highest BCUT2D eigenvalue weighted by Crippen LogP contribution is 2.06. The number of aryl methyl sites for hydroxylation is 2. The topological polar surface area (TPSA) is 36.3 Å². The molecule has 2 heterocycles. The summed E-state index contributed by atoms with van der Waals surface area (Å²) >= 11 is 0. The molecule has 1 aromatic heterocycles. The minimum Gasteiger partial charge on any atom is -0.311 e. The number of likely N-dealkylation sites (N-methyl/N-ethyl adjacent to an activating group) is 1. The van der Waals surface area contributed by atoms with Crippen molar-refractivity contribution in [3.8, 4) is 0 Å². The molecule has 1 N–H and O–H groups in total. The third-order valence-corrected chi connectivity index (χ3v) is 3.84. The molecule has 5 nitrogen and oxygen atoms in total. The number of hydrogen-bond acceptors (Lipinski definition) is 4. The second kappa shape index (κ2) is 7.03. The van der Waals surface area contributed by atoms with Crippen LogP contribution in [-0.4, -0.2) is 65.9 Å². The van der Waals surface area contributed by atoms with E-state index >= 15 is 0 Å². The molecule has 1 aromatic rings. The Kier molecular flexibility index (Phi) is 5.36. The summed E-state index contributed by atoms with van der Waals surface area (Å²) in [4.78, 5) is 4.93. The molecular formula is C14H27N5. The summed E-state index contributed by atoms with van der Waals surface area (Å²) in [5.41, 5.74) is 2.55. The van der Waals surface area contributed by atoms with E-state index in [1.54, 1.807) is 0 Å². The van der Waals surface area contributed by atoms with Gasteiger partial charge in [0.25, 0.3) is 0 Å². The molecule has 0 aromatic carbocycles. The van der Waals surface area contributed by atoms with E-state index in [4.69, 9.17) is 0 Å². The van der Waals surface area contributed by atoms with E-state index in [-0.39, 0.29) is 0 Å². The fourth-order valence-electron chi connectivity index (χ4n) is 2.56. The van der Waals surface area contributed by atoms with Gasteiger partial charge in [0, 0.05) is 64.6 Å². The zero-order valence-corrected chi connectivity index (χ0v) is 12.5. The van der Waals surface area contributed by atoms with Crippen LogP contribution in [0.3, 0.4) is 0 Å². The number of piperazine rings is 1. The van der Waals surface area contributed by atoms with Crippen LogP contribution in [0.15, 0.2) is 6.20 Å². The van der Waals surface area contributed by atoms with Gasteiger partial charge in [-0.15, -0.1) is 0 Å². The molecule has 0 amide bonds. The summed E-state index contributed by atoms with van der Waals surface area (Å²) in [6.07, 6.45) is 3.14. The summed E-state index contributed by atoms with van der Waals surface area (Å²) in [7, 11) is 4.19. The lowest BCUT2D eigenvalue weighted by Gasteiger charge is -2.32. The fraction of sp³-hybridized carbons (Fsp3) is 0.786. The molecule has 0 saturated carbocycles. The third kappa shape index (κ3) is 4.30. The van der Waals surface area contributed by atoms with Crippen molar-refractivity contribution in [3.05, 3.63) is 17.5 Å². The van der Waals surface area contributed by atoms with Crippen molar-refractivity contribution >= 4 is 0 Å². The van der Waals surface area contributed by atoms with E-state index in [9.17, 15) is 0 Å². The Morgan fingerprint density at radius 2 is 1.95 bits per heavy atom. The lowest BCUT2D eigenvalue weighted by molar-refractivity contribution is 0.154. The Hall–Kier alpha value is -0.910. The number of nitrogens with zero attached hydrogens (tertiary/aromatic N) is 4. The van der Waals surface area contributed by atoms with Gasteiger partial charge in [0.2, 0.25) is 0 Å². The third-order valence-electron chi connectivity index (χ3n) is 3.84. The van der Waals surface area contributed by atoms with Crippen molar-refractivity contribution in [2.24, 2.45) is 7.05 Å². The first-order chi connectivity index (χ1) is 9.19. The normalized spacial score (nSPS) is 18.1. The average molecular weight is 265 g/mol. The molecule has 19 heavy (non-hydrogen) atoms. The maximum Gasteiger partial charge on any atom is 0.0666 e. The summed E-state index contributed by atoms with van der Waals surface area (Å²) in [5.74, 6) is 0. The molecule has 1 aliphatic heterocycles. The first-order valence-electron chi connectivity index (χ1n) is 7.32. The fourth-order valence-corrected chi connectivity index (χ4v) is 2.56. The van der Waals surface area contributed by atoms with Crippen LogP contribution in [-0.2, 0) is 20.0 Å². The maximum atomic E-state index is 4.47. The molecule has 0 aliphatic carbocycles. The second-order valence-electron chi connectivity index (χ2n) is 5.45. The number of aromatic nitrogens is 2. The summed E-state index contributed by atoms with van der Waals surface area (Å²) in [6.45, 7) is 10.1. The predicted octanol–water partition coefficient (Wildman–Crippen LogP) is 0.320. The minimum absolute atomic E-state index is 0.935. The Labute approximate surface area is 116 Å². The van der Waals surface area contributed by atoms with Crippen molar-refractivity contribution in [2.45, 2.75) is 19.9 Å². The van der Waals surface area contributed by atoms with Gasteiger partial charge >= 0.3 is 0 Å². The number of hydrogen-bond donors (Lipinski definition) is 1. The summed E-state index contributed by atoms with van der Waals surface area (Å²) in [5, 5.41) is 8.01.